The summed E-state index contributed by atoms with van der Waals surface area (Å²) in [7, 11) is 0. The number of aromatic nitrogens is 3. The number of halogens is 1. The Kier molecular flexibility index (Phi) is 4.89. The van der Waals surface area contributed by atoms with Crippen LogP contribution >= 0.6 is 15.9 Å². The van der Waals surface area contributed by atoms with Gasteiger partial charge in [0.15, 0.2) is 0 Å². The van der Waals surface area contributed by atoms with Crippen molar-refractivity contribution in [1.82, 2.24) is 14.5 Å². The number of aryl methyl sites for hydroxylation is 1. The summed E-state index contributed by atoms with van der Waals surface area (Å²) < 4.78 is 2.07. The van der Waals surface area contributed by atoms with Gasteiger partial charge >= 0.3 is 0 Å². The highest BCUT2D eigenvalue weighted by Crippen LogP contribution is 2.08. The van der Waals surface area contributed by atoms with Gasteiger partial charge in [0.05, 0.1) is 12.2 Å². The minimum absolute atomic E-state index is 0.0915. The second-order valence-corrected chi connectivity index (χ2v) is 5.34. The highest BCUT2D eigenvalue weighted by atomic mass is 79.9. The van der Waals surface area contributed by atoms with Crippen LogP contribution in [0.25, 0.3) is 0 Å². The van der Waals surface area contributed by atoms with E-state index in [-0.39, 0.29) is 5.56 Å². The number of anilines is 1. The molecule has 0 radical (unpaired) electrons. The van der Waals surface area contributed by atoms with Crippen LogP contribution in [0.2, 0.25) is 0 Å². The quantitative estimate of drug-likeness (QED) is 0.911. The van der Waals surface area contributed by atoms with Crippen LogP contribution in [0.15, 0.2) is 33.7 Å². The predicted octanol–water partition coefficient (Wildman–Crippen LogP) is 2.58. The molecule has 2 heterocycles. The van der Waals surface area contributed by atoms with Crippen molar-refractivity contribution in [2.45, 2.75) is 26.8 Å². The molecule has 20 heavy (non-hydrogen) atoms. The summed E-state index contributed by atoms with van der Waals surface area (Å²) in [5.74, 6) is 1.50. The molecule has 0 aromatic carbocycles. The van der Waals surface area contributed by atoms with Crippen molar-refractivity contribution in [3.63, 3.8) is 0 Å². The third kappa shape index (κ3) is 3.45. The summed E-state index contributed by atoms with van der Waals surface area (Å²) in [6.07, 6.45) is 2.57. The molecule has 1 N–H and O–H groups in total. The van der Waals surface area contributed by atoms with Crippen molar-refractivity contribution in [2.24, 2.45) is 0 Å². The normalized spacial score (nSPS) is 10.6. The maximum absolute atomic E-state index is 12.1. The Labute approximate surface area is 126 Å². The highest BCUT2D eigenvalue weighted by Gasteiger charge is 2.07. The summed E-state index contributed by atoms with van der Waals surface area (Å²) in [5, 5.41) is 3.24. The number of hydrogen-bond acceptors (Lipinski definition) is 4. The van der Waals surface area contributed by atoms with Gasteiger partial charge < -0.3 is 5.32 Å². The van der Waals surface area contributed by atoms with Gasteiger partial charge in [-0.15, -0.1) is 0 Å². The Morgan fingerprint density at radius 2 is 2.20 bits per heavy atom. The zero-order valence-electron chi connectivity index (χ0n) is 11.6. The van der Waals surface area contributed by atoms with Gasteiger partial charge in [0, 0.05) is 12.7 Å². The zero-order chi connectivity index (χ0) is 14.5. The first-order chi connectivity index (χ1) is 9.61. The van der Waals surface area contributed by atoms with Gasteiger partial charge in [0.2, 0.25) is 0 Å². The topological polar surface area (TPSA) is 59.8 Å². The second-order valence-electron chi connectivity index (χ2n) is 4.49. The zero-order valence-corrected chi connectivity index (χ0v) is 13.1. The van der Waals surface area contributed by atoms with E-state index in [1.54, 1.807) is 4.57 Å². The number of hydrogen-bond donors (Lipinski definition) is 1. The molecule has 0 spiro atoms. The van der Waals surface area contributed by atoms with E-state index in [4.69, 9.17) is 0 Å². The first kappa shape index (κ1) is 14.7. The molecule has 2 aromatic heterocycles. The molecule has 0 aliphatic heterocycles. The molecule has 106 valence electrons. The Morgan fingerprint density at radius 1 is 1.40 bits per heavy atom. The molecule has 0 fully saturated rings. The average molecular weight is 337 g/mol. The van der Waals surface area contributed by atoms with Gasteiger partial charge in [-0.1, -0.05) is 13.0 Å². The SMILES string of the molecule is CCCNc1cccc(Cn2c(C)ncc(Br)c2=O)n1. The van der Waals surface area contributed by atoms with E-state index in [0.717, 1.165) is 24.5 Å². The maximum Gasteiger partial charge on any atom is 0.268 e. The molecule has 0 aliphatic rings. The van der Waals surface area contributed by atoms with E-state index in [9.17, 15) is 4.79 Å². The lowest BCUT2D eigenvalue weighted by Crippen LogP contribution is -2.25. The fraction of sp³-hybridized carbons (Fsp3) is 0.357. The summed E-state index contributed by atoms with van der Waals surface area (Å²) in [6.45, 7) is 5.21. The van der Waals surface area contributed by atoms with Crippen LogP contribution in [0, 0.1) is 6.92 Å². The van der Waals surface area contributed by atoms with Crippen molar-refractivity contribution >= 4 is 21.7 Å². The molecule has 5 nitrogen and oxygen atoms in total. The van der Waals surface area contributed by atoms with Crippen molar-refractivity contribution in [3.05, 3.63) is 50.7 Å². The van der Waals surface area contributed by atoms with Crippen LogP contribution in [-0.4, -0.2) is 21.1 Å². The monoisotopic (exact) mass is 336 g/mol. The average Bonchev–Trinajstić information content (AvgIpc) is 2.46. The first-order valence-electron chi connectivity index (χ1n) is 6.53. The van der Waals surface area contributed by atoms with Crippen LogP contribution < -0.4 is 10.9 Å². The highest BCUT2D eigenvalue weighted by molar-refractivity contribution is 9.10. The maximum atomic E-state index is 12.1. The Hall–Kier alpha value is -1.69. The lowest BCUT2D eigenvalue weighted by atomic mass is 10.3. The van der Waals surface area contributed by atoms with Gasteiger partial charge in [-0.2, -0.15) is 0 Å². The van der Waals surface area contributed by atoms with Gasteiger partial charge in [-0.05, 0) is 41.4 Å². The van der Waals surface area contributed by atoms with Crippen molar-refractivity contribution in [2.75, 3.05) is 11.9 Å². The van der Waals surface area contributed by atoms with Crippen LogP contribution in [0.1, 0.15) is 24.9 Å². The van der Waals surface area contributed by atoms with E-state index >= 15 is 0 Å². The van der Waals surface area contributed by atoms with Gasteiger partial charge in [0.25, 0.3) is 5.56 Å². The van der Waals surface area contributed by atoms with Crippen molar-refractivity contribution < 1.29 is 0 Å². The van der Waals surface area contributed by atoms with Crippen LogP contribution in [0.3, 0.4) is 0 Å². The first-order valence-corrected chi connectivity index (χ1v) is 7.33. The standard InChI is InChI=1S/C14H17BrN4O/c1-3-7-16-13-6-4-5-11(18-13)9-19-10(2)17-8-12(15)14(19)20/h4-6,8H,3,7,9H2,1-2H3,(H,16,18). The molecule has 0 aliphatic carbocycles. The van der Waals surface area contributed by atoms with E-state index in [2.05, 4.69) is 38.1 Å². The summed E-state index contributed by atoms with van der Waals surface area (Å²) in [5.41, 5.74) is 0.738. The molecular formula is C14H17BrN4O. The third-order valence-electron chi connectivity index (χ3n) is 2.89. The van der Waals surface area contributed by atoms with Gasteiger partial charge in [-0.3, -0.25) is 9.36 Å². The number of pyridine rings is 1. The summed E-state index contributed by atoms with van der Waals surface area (Å²) >= 11 is 3.21. The summed E-state index contributed by atoms with van der Waals surface area (Å²) in [4.78, 5) is 20.8. The minimum Gasteiger partial charge on any atom is -0.370 e. The van der Waals surface area contributed by atoms with Crippen LogP contribution in [0.5, 0.6) is 0 Å². The molecule has 0 saturated heterocycles. The lowest BCUT2D eigenvalue weighted by Gasteiger charge is -2.10. The molecule has 0 unspecified atom stereocenters. The smallest absolute Gasteiger partial charge is 0.268 e. The van der Waals surface area contributed by atoms with E-state index in [0.29, 0.717) is 16.8 Å². The fourth-order valence-electron chi connectivity index (χ4n) is 1.82. The van der Waals surface area contributed by atoms with Gasteiger partial charge in [-0.25, -0.2) is 9.97 Å². The lowest BCUT2D eigenvalue weighted by molar-refractivity contribution is 0.682. The van der Waals surface area contributed by atoms with E-state index in [1.807, 2.05) is 25.1 Å². The Morgan fingerprint density at radius 3 is 2.95 bits per heavy atom. The molecular weight excluding hydrogens is 320 g/mol. The van der Waals surface area contributed by atoms with Crippen molar-refractivity contribution in [3.8, 4) is 0 Å². The fourth-order valence-corrected chi connectivity index (χ4v) is 2.13. The molecule has 0 atom stereocenters. The molecule has 0 saturated carbocycles. The Bertz CT molecular complexity index is 654. The number of rotatable bonds is 5. The molecule has 0 amide bonds. The number of nitrogens with zero attached hydrogens (tertiary/aromatic N) is 3. The van der Waals surface area contributed by atoms with Gasteiger partial charge in [0.1, 0.15) is 16.1 Å². The molecule has 2 rings (SSSR count). The third-order valence-corrected chi connectivity index (χ3v) is 3.43. The molecule has 6 heteroatoms. The number of nitrogens with one attached hydrogen (secondary N) is 1. The van der Waals surface area contributed by atoms with Crippen LogP contribution in [0.4, 0.5) is 5.82 Å². The van der Waals surface area contributed by atoms with E-state index < -0.39 is 0 Å². The molecule has 2 aromatic rings. The minimum atomic E-state index is -0.0915. The largest absolute Gasteiger partial charge is 0.370 e. The Balaban J connectivity index is 2.26. The van der Waals surface area contributed by atoms with Crippen LogP contribution in [-0.2, 0) is 6.54 Å². The van der Waals surface area contributed by atoms with E-state index in [1.165, 1.54) is 6.20 Å². The molecule has 0 bridgehead atoms. The second kappa shape index (κ2) is 6.65. The predicted molar refractivity (Wildman–Crippen MR) is 83.1 cm³/mol. The summed E-state index contributed by atoms with van der Waals surface area (Å²) in [6, 6.07) is 5.77. The van der Waals surface area contributed by atoms with Crippen molar-refractivity contribution in [1.29, 1.82) is 0 Å².